The molecular formula is C15H12N2O. The summed E-state index contributed by atoms with van der Waals surface area (Å²) in [6.07, 6.45) is 0.987. The van der Waals surface area contributed by atoms with Crippen LogP contribution >= 0.6 is 0 Å². The third-order valence-electron chi connectivity index (χ3n) is 3.47. The van der Waals surface area contributed by atoms with Crippen molar-refractivity contribution in [1.29, 1.82) is 0 Å². The van der Waals surface area contributed by atoms with Gasteiger partial charge in [-0.15, -0.1) is 0 Å². The molecule has 1 aromatic heterocycles. The first kappa shape index (κ1) is 9.71. The Labute approximate surface area is 104 Å². The highest BCUT2D eigenvalue weighted by Crippen LogP contribution is 2.33. The van der Waals surface area contributed by atoms with E-state index in [2.05, 4.69) is 52.9 Å². The minimum absolute atomic E-state index is 0.832. The SMILES string of the molecule is c1ccc2cc(-c3noc4c3CCN4)ccc2c1. The van der Waals surface area contributed by atoms with Crippen molar-refractivity contribution in [2.24, 2.45) is 0 Å². The van der Waals surface area contributed by atoms with E-state index in [-0.39, 0.29) is 0 Å². The first-order valence-corrected chi connectivity index (χ1v) is 6.13. The number of hydrogen-bond acceptors (Lipinski definition) is 3. The van der Waals surface area contributed by atoms with Gasteiger partial charge in [0.1, 0.15) is 5.69 Å². The Hall–Kier alpha value is -2.29. The fourth-order valence-electron chi connectivity index (χ4n) is 2.54. The summed E-state index contributed by atoms with van der Waals surface area (Å²) < 4.78 is 5.31. The number of benzene rings is 2. The highest BCUT2D eigenvalue weighted by Gasteiger charge is 2.21. The summed E-state index contributed by atoms with van der Waals surface area (Å²) in [4.78, 5) is 0. The number of nitrogens with zero attached hydrogens (tertiary/aromatic N) is 1. The molecule has 88 valence electrons. The van der Waals surface area contributed by atoms with E-state index in [1.807, 2.05) is 0 Å². The molecule has 3 aromatic rings. The Bertz CT molecular complexity index is 730. The summed E-state index contributed by atoms with van der Waals surface area (Å²) in [5.74, 6) is 0.832. The maximum Gasteiger partial charge on any atom is 0.228 e. The van der Waals surface area contributed by atoms with Gasteiger partial charge in [-0.25, -0.2) is 0 Å². The third-order valence-corrected chi connectivity index (χ3v) is 3.47. The molecule has 2 heterocycles. The zero-order valence-electron chi connectivity index (χ0n) is 9.81. The van der Waals surface area contributed by atoms with E-state index >= 15 is 0 Å². The second-order valence-corrected chi connectivity index (χ2v) is 4.58. The molecule has 0 amide bonds. The molecule has 0 fully saturated rings. The maximum absolute atomic E-state index is 5.31. The van der Waals surface area contributed by atoms with Crippen LogP contribution in [0, 0.1) is 0 Å². The average Bonchev–Trinajstić information content (AvgIpc) is 3.00. The van der Waals surface area contributed by atoms with Gasteiger partial charge in [0, 0.05) is 17.7 Å². The van der Waals surface area contributed by atoms with Crippen molar-refractivity contribution in [1.82, 2.24) is 5.16 Å². The van der Waals surface area contributed by atoms with Gasteiger partial charge >= 0.3 is 0 Å². The molecule has 0 saturated heterocycles. The molecule has 0 aliphatic carbocycles. The quantitative estimate of drug-likeness (QED) is 0.703. The first-order chi connectivity index (χ1) is 8.92. The predicted octanol–water partition coefficient (Wildman–Crippen LogP) is 3.46. The molecule has 2 aromatic carbocycles. The topological polar surface area (TPSA) is 38.1 Å². The van der Waals surface area contributed by atoms with Gasteiger partial charge < -0.3 is 9.84 Å². The van der Waals surface area contributed by atoms with Gasteiger partial charge in [0.2, 0.25) is 5.88 Å². The zero-order chi connectivity index (χ0) is 11.9. The molecule has 18 heavy (non-hydrogen) atoms. The third kappa shape index (κ3) is 1.34. The number of fused-ring (bicyclic) bond motifs is 2. The van der Waals surface area contributed by atoms with E-state index in [1.54, 1.807) is 0 Å². The second kappa shape index (κ2) is 3.60. The molecule has 0 bridgehead atoms. The molecule has 4 rings (SSSR count). The molecule has 3 nitrogen and oxygen atoms in total. The van der Waals surface area contributed by atoms with Gasteiger partial charge in [0.15, 0.2) is 0 Å². The number of nitrogens with one attached hydrogen (secondary N) is 1. The normalized spacial score (nSPS) is 13.6. The molecule has 0 atom stereocenters. The highest BCUT2D eigenvalue weighted by molar-refractivity contribution is 5.87. The van der Waals surface area contributed by atoms with Crippen molar-refractivity contribution in [2.75, 3.05) is 11.9 Å². The number of hydrogen-bond donors (Lipinski definition) is 1. The number of anilines is 1. The van der Waals surface area contributed by atoms with Crippen LogP contribution in [-0.4, -0.2) is 11.7 Å². The van der Waals surface area contributed by atoms with Gasteiger partial charge in [0.05, 0.1) is 0 Å². The number of aromatic nitrogens is 1. The van der Waals surface area contributed by atoms with Crippen molar-refractivity contribution in [3.05, 3.63) is 48.0 Å². The van der Waals surface area contributed by atoms with Crippen molar-refractivity contribution >= 4 is 16.7 Å². The van der Waals surface area contributed by atoms with Crippen LogP contribution in [0.25, 0.3) is 22.0 Å². The van der Waals surface area contributed by atoms with Crippen molar-refractivity contribution < 1.29 is 4.52 Å². The van der Waals surface area contributed by atoms with E-state index < -0.39 is 0 Å². The molecule has 0 unspecified atom stereocenters. The van der Waals surface area contributed by atoms with Crippen LogP contribution in [0.5, 0.6) is 0 Å². The van der Waals surface area contributed by atoms with Gasteiger partial charge in [-0.3, -0.25) is 0 Å². The lowest BCUT2D eigenvalue weighted by atomic mass is 10.0. The van der Waals surface area contributed by atoms with Crippen LogP contribution in [0.3, 0.4) is 0 Å². The first-order valence-electron chi connectivity index (χ1n) is 6.13. The monoisotopic (exact) mass is 236 g/mol. The van der Waals surface area contributed by atoms with Gasteiger partial charge in [-0.1, -0.05) is 41.6 Å². The maximum atomic E-state index is 5.31. The zero-order valence-corrected chi connectivity index (χ0v) is 9.81. The van der Waals surface area contributed by atoms with Crippen molar-refractivity contribution in [3.63, 3.8) is 0 Å². The molecule has 1 N–H and O–H groups in total. The Kier molecular flexibility index (Phi) is 1.94. The Morgan fingerprint density at radius 3 is 2.89 bits per heavy atom. The van der Waals surface area contributed by atoms with E-state index in [0.29, 0.717) is 0 Å². The van der Waals surface area contributed by atoms with E-state index in [9.17, 15) is 0 Å². The molecule has 0 spiro atoms. The average molecular weight is 236 g/mol. The van der Waals surface area contributed by atoms with Crippen LogP contribution in [0.2, 0.25) is 0 Å². The Morgan fingerprint density at radius 2 is 1.94 bits per heavy atom. The molecule has 1 aliphatic rings. The summed E-state index contributed by atoms with van der Waals surface area (Å²) in [6, 6.07) is 14.8. The fourth-order valence-corrected chi connectivity index (χ4v) is 2.54. The van der Waals surface area contributed by atoms with Crippen LogP contribution in [-0.2, 0) is 6.42 Å². The lowest BCUT2D eigenvalue weighted by Crippen LogP contribution is -1.92. The van der Waals surface area contributed by atoms with Crippen LogP contribution in [0.4, 0.5) is 5.88 Å². The summed E-state index contributed by atoms with van der Waals surface area (Å²) >= 11 is 0. The minimum Gasteiger partial charge on any atom is -0.353 e. The smallest absolute Gasteiger partial charge is 0.228 e. The Balaban J connectivity index is 1.91. The van der Waals surface area contributed by atoms with Crippen molar-refractivity contribution in [3.8, 4) is 11.3 Å². The minimum atomic E-state index is 0.832. The van der Waals surface area contributed by atoms with Crippen LogP contribution < -0.4 is 5.32 Å². The molecule has 3 heteroatoms. The van der Waals surface area contributed by atoms with Gasteiger partial charge in [-0.2, -0.15) is 0 Å². The fraction of sp³-hybridized carbons (Fsp3) is 0.133. The highest BCUT2D eigenvalue weighted by atomic mass is 16.5. The molecule has 0 saturated carbocycles. The van der Waals surface area contributed by atoms with Gasteiger partial charge in [0.25, 0.3) is 0 Å². The van der Waals surface area contributed by atoms with E-state index in [4.69, 9.17) is 4.52 Å². The lowest BCUT2D eigenvalue weighted by molar-refractivity contribution is 0.436. The molecule has 0 radical (unpaired) electrons. The van der Waals surface area contributed by atoms with E-state index in [1.165, 1.54) is 16.3 Å². The largest absolute Gasteiger partial charge is 0.353 e. The van der Waals surface area contributed by atoms with Gasteiger partial charge in [-0.05, 0) is 23.3 Å². The van der Waals surface area contributed by atoms with Crippen molar-refractivity contribution in [2.45, 2.75) is 6.42 Å². The van der Waals surface area contributed by atoms with Crippen LogP contribution in [0.15, 0.2) is 47.0 Å². The second-order valence-electron chi connectivity index (χ2n) is 4.58. The summed E-state index contributed by atoms with van der Waals surface area (Å²) in [7, 11) is 0. The Morgan fingerprint density at radius 1 is 1.06 bits per heavy atom. The summed E-state index contributed by atoms with van der Waals surface area (Å²) in [5.41, 5.74) is 3.30. The predicted molar refractivity (Wildman–Crippen MR) is 71.6 cm³/mol. The standard InChI is InChI=1S/C15H12N2O/c1-2-4-11-9-12(6-5-10(11)3-1)14-13-7-8-16-15(13)18-17-14/h1-6,9,16H,7-8H2. The molecular weight excluding hydrogens is 224 g/mol. The van der Waals surface area contributed by atoms with Crippen LogP contribution in [0.1, 0.15) is 5.56 Å². The van der Waals surface area contributed by atoms with E-state index in [0.717, 1.165) is 30.1 Å². The number of rotatable bonds is 1. The molecule has 1 aliphatic heterocycles. The summed E-state index contributed by atoms with van der Waals surface area (Å²) in [6.45, 7) is 0.942. The summed E-state index contributed by atoms with van der Waals surface area (Å²) in [5, 5.41) is 9.86. The lowest BCUT2D eigenvalue weighted by Gasteiger charge is -2.01.